The number of hydrogen-bond acceptors (Lipinski definition) is 4. The summed E-state index contributed by atoms with van der Waals surface area (Å²) >= 11 is 0. The molecule has 6 heteroatoms. The maximum Gasteiger partial charge on any atom is 0.253 e. The molecule has 2 aromatic heterocycles. The Kier molecular flexibility index (Phi) is 5.10. The highest BCUT2D eigenvalue weighted by molar-refractivity contribution is 5.94. The van der Waals surface area contributed by atoms with Crippen molar-refractivity contribution in [2.75, 3.05) is 13.1 Å². The number of amides is 1. The number of carbonyl (C=O) groups is 1. The smallest absolute Gasteiger partial charge is 0.253 e. The molecule has 142 valence electrons. The first-order chi connectivity index (χ1) is 13.6. The average molecular weight is 376 g/mol. The normalized spacial score (nSPS) is 16.8. The van der Waals surface area contributed by atoms with Gasteiger partial charge in [0.25, 0.3) is 5.91 Å². The average Bonchev–Trinajstić information content (AvgIpc) is 2.74. The summed E-state index contributed by atoms with van der Waals surface area (Å²) in [5.74, 6) is 0.435. The zero-order valence-electron chi connectivity index (χ0n) is 15.7. The number of pyridine rings is 1. The van der Waals surface area contributed by atoms with E-state index in [2.05, 4.69) is 9.97 Å². The Bertz CT molecular complexity index is 976. The molecule has 1 aliphatic rings. The molecule has 28 heavy (non-hydrogen) atoms. The number of hydrogen-bond donors (Lipinski definition) is 0. The minimum absolute atomic E-state index is 0.0686. The van der Waals surface area contributed by atoms with Gasteiger partial charge in [-0.25, -0.2) is 14.4 Å². The monoisotopic (exact) mass is 376 g/mol. The Morgan fingerprint density at radius 1 is 1.14 bits per heavy atom. The fourth-order valence-corrected chi connectivity index (χ4v) is 3.71. The Morgan fingerprint density at radius 3 is 2.64 bits per heavy atom. The second-order valence-electron chi connectivity index (χ2n) is 7.05. The molecule has 3 heterocycles. The lowest BCUT2D eigenvalue weighted by Gasteiger charge is -2.33. The van der Waals surface area contributed by atoms with E-state index < -0.39 is 0 Å². The van der Waals surface area contributed by atoms with Crippen LogP contribution in [0.25, 0.3) is 11.1 Å². The van der Waals surface area contributed by atoms with Gasteiger partial charge in [0.15, 0.2) is 0 Å². The molecule has 0 spiro atoms. The van der Waals surface area contributed by atoms with Gasteiger partial charge < -0.3 is 4.90 Å². The molecule has 4 rings (SSSR count). The predicted molar refractivity (Wildman–Crippen MR) is 104 cm³/mol. The minimum atomic E-state index is -0.341. The molecule has 1 aliphatic heterocycles. The lowest BCUT2D eigenvalue weighted by Crippen LogP contribution is -2.39. The van der Waals surface area contributed by atoms with Crippen LogP contribution < -0.4 is 0 Å². The van der Waals surface area contributed by atoms with Crippen LogP contribution in [0.1, 0.15) is 40.6 Å². The SMILES string of the molecule is Cc1ncc(-c2ccncc2)c([C@H]2CCCN(C(=O)c3ccc(F)cc3)C2)n1. The van der Waals surface area contributed by atoms with Crippen molar-refractivity contribution in [3.63, 3.8) is 0 Å². The lowest BCUT2D eigenvalue weighted by molar-refractivity contribution is 0.0706. The summed E-state index contributed by atoms with van der Waals surface area (Å²) in [6.07, 6.45) is 7.22. The number of piperidine rings is 1. The summed E-state index contributed by atoms with van der Waals surface area (Å²) < 4.78 is 13.2. The van der Waals surface area contributed by atoms with E-state index in [1.807, 2.05) is 30.2 Å². The van der Waals surface area contributed by atoms with Gasteiger partial charge in [0.2, 0.25) is 0 Å². The highest BCUT2D eigenvalue weighted by Crippen LogP contribution is 2.33. The van der Waals surface area contributed by atoms with Gasteiger partial charge in [0, 0.05) is 48.7 Å². The van der Waals surface area contributed by atoms with Crippen LogP contribution in [0, 0.1) is 12.7 Å². The first-order valence-corrected chi connectivity index (χ1v) is 9.40. The third kappa shape index (κ3) is 3.76. The van der Waals surface area contributed by atoms with Crippen LogP contribution in [-0.2, 0) is 0 Å². The lowest BCUT2D eigenvalue weighted by atomic mass is 9.89. The van der Waals surface area contributed by atoms with Gasteiger partial charge in [-0.15, -0.1) is 0 Å². The summed E-state index contributed by atoms with van der Waals surface area (Å²) in [6.45, 7) is 3.16. The van der Waals surface area contributed by atoms with Gasteiger partial charge in [-0.3, -0.25) is 9.78 Å². The molecule has 0 bridgehead atoms. The Labute approximate surface area is 163 Å². The van der Waals surface area contributed by atoms with Gasteiger partial charge in [0.1, 0.15) is 11.6 Å². The van der Waals surface area contributed by atoms with E-state index >= 15 is 0 Å². The third-order valence-corrected chi connectivity index (χ3v) is 5.12. The molecular formula is C22H21FN4O. The van der Waals surface area contributed by atoms with Crippen molar-refractivity contribution >= 4 is 5.91 Å². The number of rotatable bonds is 3. The standard InChI is InChI=1S/C22H21FN4O/c1-15-25-13-20(16-8-10-24-11-9-16)21(26-15)18-3-2-12-27(14-18)22(28)17-4-6-19(23)7-5-17/h4-11,13,18H,2-3,12,14H2,1H3/t18-/m0/s1. The van der Waals surface area contributed by atoms with Crippen molar-refractivity contribution < 1.29 is 9.18 Å². The molecule has 1 atom stereocenters. The van der Waals surface area contributed by atoms with E-state index in [4.69, 9.17) is 4.98 Å². The van der Waals surface area contributed by atoms with Crippen LogP contribution in [-0.4, -0.2) is 38.8 Å². The van der Waals surface area contributed by atoms with Crippen LogP contribution >= 0.6 is 0 Å². The highest BCUT2D eigenvalue weighted by Gasteiger charge is 2.28. The maximum absolute atomic E-state index is 13.2. The molecule has 0 unspecified atom stereocenters. The van der Waals surface area contributed by atoms with E-state index in [-0.39, 0.29) is 17.6 Å². The van der Waals surface area contributed by atoms with Gasteiger partial charge in [-0.05, 0) is 61.7 Å². The van der Waals surface area contributed by atoms with Gasteiger partial charge >= 0.3 is 0 Å². The van der Waals surface area contributed by atoms with Crippen molar-refractivity contribution in [3.05, 3.63) is 77.9 Å². The van der Waals surface area contributed by atoms with Crippen LogP contribution in [0.3, 0.4) is 0 Å². The van der Waals surface area contributed by atoms with Crippen molar-refractivity contribution in [3.8, 4) is 11.1 Å². The van der Waals surface area contributed by atoms with Crippen LogP contribution in [0.4, 0.5) is 4.39 Å². The molecular weight excluding hydrogens is 355 g/mol. The largest absolute Gasteiger partial charge is 0.338 e. The number of aromatic nitrogens is 3. The van der Waals surface area contributed by atoms with Crippen molar-refractivity contribution in [1.82, 2.24) is 19.9 Å². The number of benzene rings is 1. The number of carbonyl (C=O) groups excluding carboxylic acids is 1. The Hall–Kier alpha value is -3.15. The molecule has 1 aromatic carbocycles. The molecule has 1 amide bonds. The van der Waals surface area contributed by atoms with Crippen LogP contribution in [0.5, 0.6) is 0 Å². The maximum atomic E-state index is 13.2. The van der Waals surface area contributed by atoms with Gasteiger partial charge in [0.05, 0.1) is 5.69 Å². The number of nitrogens with zero attached hydrogens (tertiary/aromatic N) is 4. The molecule has 0 N–H and O–H groups in total. The van der Waals surface area contributed by atoms with Crippen molar-refractivity contribution in [1.29, 1.82) is 0 Å². The van der Waals surface area contributed by atoms with Crippen molar-refractivity contribution in [2.24, 2.45) is 0 Å². The second kappa shape index (κ2) is 7.84. The summed E-state index contributed by atoms with van der Waals surface area (Å²) in [4.78, 5) is 27.9. The molecule has 1 fully saturated rings. The fraction of sp³-hybridized carbons (Fsp3) is 0.273. The van der Waals surface area contributed by atoms with E-state index in [0.29, 0.717) is 18.7 Å². The van der Waals surface area contributed by atoms with E-state index in [9.17, 15) is 9.18 Å². The molecule has 5 nitrogen and oxygen atoms in total. The first kappa shape index (κ1) is 18.2. The van der Waals surface area contributed by atoms with Gasteiger partial charge in [-0.2, -0.15) is 0 Å². The first-order valence-electron chi connectivity index (χ1n) is 9.40. The van der Waals surface area contributed by atoms with Gasteiger partial charge in [-0.1, -0.05) is 0 Å². The summed E-state index contributed by atoms with van der Waals surface area (Å²) in [5.41, 5.74) is 3.48. The summed E-state index contributed by atoms with van der Waals surface area (Å²) in [7, 11) is 0. The van der Waals surface area contributed by atoms with E-state index in [1.165, 1.54) is 12.1 Å². The fourth-order valence-electron chi connectivity index (χ4n) is 3.71. The quantitative estimate of drug-likeness (QED) is 0.693. The predicted octanol–water partition coefficient (Wildman–Crippen LogP) is 4.01. The Morgan fingerprint density at radius 2 is 1.89 bits per heavy atom. The van der Waals surface area contributed by atoms with Crippen molar-refractivity contribution in [2.45, 2.75) is 25.7 Å². The minimum Gasteiger partial charge on any atom is -0.338 e. The zero-order valence-corrected chi connectivity index (χ0v) is 15.7. The summed E-state index contributed by atoms with van der Waals surface area (Å²) in [5, 5.41) is 0. The number of likely N-dealkylation sites (tertiary alicyclic amines) is 1. The topological polar surface area (TPSA) is 59.0 Å². The zero-order chi connectivity index (χ0) is 19.5. The molecule has 0 saturated carbocycles. The molecule has 0 radical (unpaired) electrons. The van der Waals surface area contributed by atoms with E-state index in [0.717, 1.165) is 35.5 Å². The molecule has 1 saturated heterocycles. The highest BCUT2D eigenvalue weighted by atomic mass is 19.1. The molecule has 3 aromatic rings. The Balaban J connectivity index is 1.62. The number of aryl methyl sites for hydroxylation is 1. The third-order valence-electron chi connectivity index (χ3n) is 5.12. The van der Waals surface area contributed by atoms with E-state index in [1.54, 1.807) is 24.5 Å². The molecule has 0 aliphatic carbocycles. The second-order valence-corrected chi connectivity index (χ2v) is 7.05. The number of halogens is 1. The van der Waals surface area contributed by atoms with Crippen LogP contribution in [0.2, 0.25) is 0 Å². The summed E-state index contributed by atoms with van der Waals surface area (Å²) in [6, 6.07) is 9.62. The van der Waals surface area contributed by atoms with Crippen LogP contribution in [0.15, 0.2) is 55.0 Å².